The second-order valence-electron chi connectivity index (χ2n) is 14.2. The van der Waals surface area contributed by atoms with Gasteiger partial charge >= 0.3 is 0 Å². The van der Waals surface area contributed by atoms with Gasteiger partial charge in [-0.1, -0.05) is 76.8 Å². The van der Waals surface area contributed by atoms with Crippen molar-refractivity contribution in [3.8, 4) is 0 Å². The average Bonchev–Trinajstić information content (AvgIpc) is 2.79. The molecular formula is C32H62N4O4. The van der Waals surface area contributed by atoms with Crippen molar-refractivity contribution < 1.29 is 19.2 Å². The number of carbonyl (C=O) groups is 4. The summed E-state index contributed by atoms with van der Waals surface area (Å²) in [7, 11) is 1.74. The van der Waals surface area contributed by atoms with Gasteiger partial charge in [-0.05, 0) is 41.5 Å². The molecule has 0 saturated carbocycles. The summed E-state index contributed by atoms with van der Waals surface area (Å²) in [6.45, 7) is 31.7. The van der Waals surface area contributed by atoms with Crippen molar-refractivity contribution in [2.75, 3.05) is 7.05 Å². The van der Waals surface area contributed by atoms with E-state index < -0.39 is 5.41 Å². The first-order valence-corrected chi connectivity index (χ1v) is 13.8. The molecule has 1 N–H and O–H groups in total. The molecule has 0 aromatic carbocycles. The van der Waals surface area contributed by atoms with Crippen molar-refractivity contribution in [2.45, 2.75) is 141 Å². The summed E-state index contributed by atoms with van der Waals surface area (Å²) in [6.07, 6.45) is 0. The number of amides is 4. The molecule has 0 aromatic heterocycles. The summed E-state index contributed by atoms with van der Waals surface area (Å²) in [5, 5.41) is 2.76. The van der Waals surface area contributed by atoms with E-state index in [1.165, 1.54) is 0 Å². The second kappa shape index (κ2) is 13.5. The van der Waals surface area contributed by atoms with E-state index in [1.54, 1.807) is 11.9 Å². The van der Waals surface area contributed by atoms with Gasteiger partial charge in [0.15, 0.2) is 0 Å². The molecule has 8 heteroatoms. The van der Waals surface area contributed by atoms with Crippen LogP contribution in [-0.2, 0) is 19.2 Å². The lowest BCUT2D eigenvalue weighted by atomic mass is 9.83. The van der Waals surface area contributed by atoms with Crippen LogP contribution < -0.4 is 5.32 Å². The Balaban J connectivity index is 0. The number of likely N-dealkylation sites (tertiary alicyclic amines) is 3. The van der Waals surface area contributed by atoms with E-state index in [1.807, 2.05) is 65.2 Å². The van der Waals surface area contributed by atoms with Crippen LogP contribution in [0.4, 0.5) is 0 Å². The van der Waals surface area contributed by atoms with Gasteiger partial charge in [0.25, 0.3) is 0 Å². The number of hydrogen-bond donors (Lipinski definition) is 1. The summed E-state index contributed by atoms with van der Waals surface area (Å²) in [5.74, 6) is 1.08. The predicted octanol–water partition coefficient (Wildman–Crippen LogP) is 5.71. The zero-order valence-electron chi connectivity index (χ0n) is 26.6. The first kappa shape index (κ1) is 39.8. The fourth-order valence-electron chi connectivity index (χ4n) is 4.59. The average molecular weight is 567 g/mol. The van der Waals surface area contributed by atoms with Crippen LogP contribution in [0, 0.1) is 22.7 Å². The Morgan fingerprint density at radius 1 is 0.725 bits per heavy atom. The number of hydrogen-bond acceptors (Lipinski definition) is 4. The Hall–Kier alpha value is -2.38. The van der Waals surface area contributed by atoms with Gasteiger partial charge in [0.2, 0.25) is 23.6 Å². The third kappa shape index (κ3) is 8.32. The van der Waals surface area contributed by atoms with Crippen LogP contribution in [0.1, 0.15) is 112 Å². The van der Waals surface area contributed by atoms with E-state index in [4.69, 9.17) is 0 Å². The standard InChI is InChI=1S/C11H19NO.C10H18N2O2.C9H17NO.2CH4/c1-7-8(2)12(9(7)3)10(13)11(4,5)6;1-6-7(8(13)12(6)5)11-9(14)10(2,3)4;1-6-7(2)10(8(6)11)9(3,4)5;;/h7,9H,2H2,1,3-6H3;6-7H,1-5H3,(H,11,14);6-7H,1-5H3;2*1H4. The number of β-lactam (4-membered cyclic amide) rings is 2. The first-order valence-electron chi connectivity index (χ1n) is 13.8. The Morgan fingerprint density at radius 3 is 1.45 bits per heavy atom. The highest BCUT2D eigenvalue weighted by molar-refractivity contribution is 5.94. The smallest absolute Gasteiger partial charge is 0.247 e. The first-order chi connectivity index (χ1) is 16.9. The highest BCUT2D eigenvalue weighted by atomic mass is 16.2. The fraction of sp³-hybridized carbons (Fsp3) is 0.812. The number of nitrogens with one attached hydrogen (secondary N) is 1. The monoisotopic (exact) mass is 566 g/mol. The highest BCUT2D eigenvalue weighted by Crippen LogP contribution is 2.37. The summed E-state index contributed by atoms with van der Waals surface area (Å²) in [5.41, 5.74) is 0.238. The molecule has 0 radical (unpaired) electrons. The maximum Gasteiger partial charge on any atom is 0.247 e. The Labute approximate surface area is 246 Å². The molecule has 4 amide bonds. The van der Waals surface area contributed by atoms with Crippen LogP contribution in [0.5, 0.6) is 0 Å². The minimum atomic E-state index is -0.436. The molecule has 6 unspecified atom stereocenters. The molecule has 6 atom stereocenters. The SMILES string of the molecule is C.C.C=C1C(C)C(C)N1C(=O)C(C)(C)C.CC1C(=O)N(C(C)(C)C)C1C.CC1C(NC(=O)C(C)(C)C)C(=O)N1C. The molecule has 234 valence electrons. The van der Waals surface area contributed by atoms with Crippen LogP contribution in [0.25, 0.3) is 0 Å². The van der Waals surface area contributed by atoms with Crippen LogP contribution in [0.3, 0.4) is 0 Å². The van der Waals surface area contributed by atoms with Gasteiger partial charge in [-0.25, -0.2) is 0 Å². The van der Waals surface area contributed by atoms with Crippen LogP contribution >= 0.6 is 0 Å². The maximum atomic E-state index is 11.9. The number of likely N-dealkylation sites (N-methyl/N-ethyl adjacent to an activating group) is 1. The van der Waals surface area contributed by atoms with Crippen LogP contribution in [-0.4, -0.2) is 75.1 Å². The molecular weight excluding hydrogens is 504 g/mol. The Kier molecular flexibility index (Phi) is 13.4. The van der Waals surface area contributed by atoms with Gasteiger partial charge in [-0.3, -0.25) is 19.2 Å². The molecule has 0 aliphatic carbocycles. The Bertz CT molecular complexity index is 938. The number of rotatable bonds is 1. The van der Waals surface area contributed by atoms with Gasteiger partial charge in [0, 0.05) is 47.1 Å². The quantitative estimate of drug-likeness (QED) is 0.412. The van der Waals surface area contributed by atoms with E-state index in [9.17, 15) is 19.2 Å². The lowest BCUT2D eigenvalue weighted by Gasteiger charge is -2.51. The molecule has 3 heterocycles. The van der Waals surface area contributed by atoms with Crippen molar-refractivity contribution in [3.05, 3.63) is 12.3 Å². The van der Waals surface area contributed by atoms with Gasteiger partial charge in [-0.15, -0.1) is 0 Å². The molecule has 40 heavy (non-hydrogen) atoms. The van der Waals surface area contributed by atoms with Gasteiger partial charge in [-0.2, -0.15) is 0 Å². The topological polar surface area (TPSA) is 90.0 Å². The third-order valence-corrected chi connectivity index (χ3v) is 7.98. The number of carbonyl (C=O) groups excluding carboxylic acids is 4. The van der Waals surface area contributed by atoms with Crippen molar-refractivity contribution in [3.63, 3.8) is 0 Å². The maximum absolute atomic E-state index is 11.9. The largest absolute Gasteiger partial charge is 0.342 e. The van der Waals surface area contributed by atoms with E-state index >= 15 is 0 Å². The van der Waals surface area contributed by atoms with Crippen molar-refractivity contribution in [1.82, 2.24) is 20.0 Å². The number of nitrogens with zero attached hydrogens (tertiary/aromatic N) is 3. The molecule has 3 aliphatic rings. The molecule has 3 rings (SSSR count). The summed E-state index contributed by atoms with van der Waals surface area (Å²) in [4.78, 5) is 51.6. The van der Waals surface area contributed by atoms with Crippen LogP contribution in [0.15, 0.2) is 12.3 Å². The lowest BCUT2D eigenvalue weighted by Crippen LogP contribution is -2.68. The molecule has 3 saturated heterocycles. The summed E-state index contributed by atoms with van der Waals surface area (Å²) >= 11 is 0. The molecule has 8 nitrogen and oxygen atoms in total. The zero-order chi connectivity index (χ0) is 30.3. The minimum Gasteiger partial charge on any atom is -0.342 e. The van der Waals surface area contributed by atoms with E-state index in [-0.39, 0.29) is 61.5 Å². The van der Waals surface area contributed by atoms with Crippen molar-refractivity contribution in [1.29, 1.82) is 0 Å². The fourth-order valence-corrected chi connectivity index (χ4v) is 4.59. The third-order valence-electron chi connectivity index (χ3n) is 7.98. The van der Waals surface area contributed by atoms with Gasteiger partial charge in [0.05, 0.1) is 12.0 Å². The highest BCUT2D eigenvalue weighted by Gasteiger charge is 2.46. The van der Waals surface area contributed by atoms with Crippen molar-refractivity contribution in [2.24, 2.45) is 22.7 Å². The molecule has 0 aromatic rings. The van der Waals surface area contributed by atoms with Crippen LogP contribution in [0.2, 0.25) is 0 Å². The second-order valence-corrected chi connectivity index (χ2v) is 14.2. The van der Waals surface area contributed by atoms with E-state index in [0.29, 0.717) is 23.9 Å². The van der Waals surface area contributed by atoms with Gasteiger partial charge < -0.3 is 20.0 Å². The Morgan fingerprint density at radius 2 is 1.18 bits per heavy atom. The predicted molar refractivity (Wildman–Crippen MR) is 166 cm³/mol. The summed E-state index contributed by atoms with van der Waals surface area (Å²) in [6, 6.07) is 0.516. The van der Waals surface area contributed by atoms with Crippen molar-refractivity contribution >= 4 is 23.6 Å². The normalized spacial score (nSPS) is 27.7. The molecule has 3 aliphatic heterocycles. The molecule has 0 bridgehead atoms. The zero-order valence-corrected chi connectivity index (χ0v) is 26.6. The molecule has 3 fully saturated rings. The lowest BCUT2D eigenvalue weighted by molar-refractivity contribution is -0.162. The van der Waals surface area contributed by atoms with E-state index in [2.05, 4.69) is 53.4 Å². The molecule has 0 spiro atoms. The van der Waals surface area contributed by atoms with E-state index in [0.717, 1.165) is 5.70 Å². The minimum absolute atomic E-state index is 0. The summed E-state index contributed by atoms with van der Waals surface area (Å²) < 4.78 is 0. The van der Waals surface area contributed by atoms with Gasteiger partial charge in [0.1, 0.15) is 6.04 Å².